The van der Waals surface area contributed by atoms with E-state index in [4.69, 9.17) is 0 Å². The Labute approximate surface area is 223 Å². The molecule has 1 aromatic heterocycles. The van der Waals surface area contributed by atoms with E-state index in [9.17, 15) is 18.8 Å². The van der Waals surface area contributed by atoms with Crippen LogP contribution in [0, 0.1) is 5.82 Å². The number of hydrazine groups is 1. The summed E-state index contributed by atoms with van der Waals surface area (Å²) in [5.74, 6) is -2.11. The summed E-state index contributed by atoms with van der Waals surface area (Å²) in [5.41, 5.74) is 9.64. The van der Waals surface area contributed by atoms with E-state index >= 15 is 0 Å². The van der Waals surface area contributed by atoms with E-state index in [0.717, 1.165) is 39.4 Å². The van der Waals surface area contributed by atoms with Crippen molar-refractivity contribution in [1.82, 2.24) is 20.7 Å². The number of nitrogens with one attached hydrogen (secondary N) is 3. The van der Waals surface area contributed by atoms with Crippen LogP contribution in [0.25, 0.3) is 22.2 Å². The van der Waals surface area contributed by atoms with Gasteiger partial charge in [-0.05, 0) is 41.5 Å². The zero-order chi connectivity index (χ0) is 26.9. The highest BCUT2D eigenvalue weighted by molar-refractivity contribution is 6.04. The number of amides is 3. The molecule has 4 aromatic carbocycles. The van der Waals surface area contributed by atoms with Crippen LogP contribution in [0.3, 0.4) is 0 Å². The van der Waals surface area contributed by atoms with Gasteiger partial charge >= 0.3 is 0 Å². The van der Waals surface area contributed by atoms with E-state index in [1.807, 2.05) is 66.7 Å². The molecule has 192 valence electrons. The van der Waals surface area contributed by atoms with Gasteiger partial charge in [-0.15, -0.1) is 0 Å². The highest BCUT2D eigenvalue weighted by atomic mass is 19.1. The van der Waals surface area contributed by atoms with Crippen molar-refractivity contribution in [2.75, 3.05) is 6.54 Å². The lowest BCUT2D eigenvalue weighted by atomic mass is 9.93. The van der Waals surface area contributed by atoms with Crippen molar-refractivity contribution in [1.29, 1.82) is 0 Å². The molecule has 2 heterocycles. The van der Waals surface area contributed by atoms with Gasteiger partial charge in [0.15, 0.2) is 0 Å². The van der Waals surface area contributed by atoms with E-state index in [2.05, 4.69) is 15.8 Å². The topological polar surface area (TPSA) is 94.3 Å². The predicted molar refractivity (Wildman–Crippen MR) is 145 cm³/mol. The third-order valence-corrected chi connectivity index (χ3v) is 6.86. The molecule has 1 aliphatic heterocycles. The number of aromatic amines is 1. The van der Waals surface area contributed by atoms with Gasteiger partial charge in [0.25, 0.3) is 17.7 Å². The minimum atomic E-state index is -0.668. The highest BCUT2D eigenvalue weighted by Gasteiger charge is 2.41. The summed E-state index contributed by atoms with van der Waals surface area (Å²) in [5, 5.41) is 0.940. The van der Waals surface area contributed by atoms with Crippen molar-refractivity contribution in [2.45, 2.75) is 6.04 Å². The standard InChI is InChI=1S/C31H23FN4O3/c32-21-12-8-11-20(17-21)30(38)35-34-26(37)18-36-29(22-13-4-5-14-23(22)31(36)39)27-24-15-6-7-16-25(24)33-28(27)19-9-2-1-3-10-19/h1-17,29,33H,18H2,(H,34,37)(H,35,38). The number of benzene rings is 4. The van der Waals surface area contributed by atoms with Crippen LogP contribution < -0.4 is 10.9 Å². The zero-order valence-electron chi connectivity index (χ0n) is 20.6. The summed E-state index contributed by atoms with van der Waals surface area (Å²) >= 11 is 0. The average Bonchev–Trinajstić information content (AvgIpc) is 3.47. The van der Waals surface area contributed by atoms with Gasteiger partial charge in [0, 0.05) is 27.6 Å². The molecule has 0 fully saturated rings. The molecule has 0 saturated heterocycles. The first-order valence-corrected chi connectivity index (χ1v) is 12.4. The van der Waals surface area contributed by atoms with E-state index in [1.54, 1.807) is 12.1 Å². The number of hydrogen-bond donors (Lipinski definition) is 3. The largest absolute Gasteiger partial charge is 0.354 e. The number of hydrogen-bond acceptors (Lipinski definition) is 3. The van der Waals surface area contributed by atoms with E-state index < -0.39 is 23.7 Å². The van der Waals surface area contributed by atoms with Crippen molar-refractivity contribution in [3.63, 3.8) is 0 Å². The molecule has 3 amide bonds. The molecule has 7 nitrogen and oxygen atoms in total. The molecule has 1 aliphatic rings. The Hall–Kier alpha value is -5.24. The maximum atomic E-state index is 13.6. The van der Waals surface area contributed by atoms with Gasteiger partial charge in [0.1, 0.15) is 12.4 Å². The second-order valence-corrected chi connectivity index (χ2v) is 9.26. The number of aromatic nitrogens is 1. The first-order chi connectivity index (χ1) is 19.0. The molecule has 0 radical (unpaired) electrons. The van der Waals surface area contributed by atoms with Crippen LogP contribution in [0.1, 0.15) is 37.9 Å². The summed E-state index contributed by atoms with van der Waals surface area (Å²) < 4.78 is 13.5. The van der Waals surface area contributed by atoms with Gasteiger partial charge in [-0.2, -0.15) is 0 Å². The number of rotatable bonds is 5. The number of carbonyl (C=O) groups is 3. The first kappa shape index (κ1) is 24.1. The minimum Gasteiger partial charge on any atom is -0.354 e. The van der Waals surface area contributed by atoms with Gasteiger partial charge in [-0.3, -0.25) is 25.2 Å². The van der Waals surface area contributed by atoms with Crippen LogP contribution in [0.4, 0.5) is 4.39 Å². The SMILES string of the molecule is O=C(CN1C(=O)c2ccccc2C1c1c(-c2ccccc2)[nH]c2ccccc12)NNC(=O)c1cccc(F)c1. The summed E-state index contributed by atoms with van der Waals surface area (Å²) in [6, 6.07) is 29.6. The van der Waals surface area contributed by atoms with Crippen molar-refractivity contribution < 1.29 is 18.8 Å². The van der Waals surface area contributed by atoms with E-state index in [1.165, 1.54) is 23.1 Å². The van der Waals surface area contributed by atoms with Crippen molar-refractivity contribution in [2.24, 2.45) is 0 Å². The summed E-state index contributed by atoms with van der Waals surface area (Å²) in [6.07, 6.45) is 0. The molecule has 1 unspecified atom stereocenters. The molecule has 0 spiro atoms. The Balaban J connectivity index is 1.36. The smallest absolute Gasteiger partial charge is 0.269 e. The number of carbonyl (C=O) groups excluding carboxylic acids is 3. The van der Waals surface area contributed by atoms with Crippen LogP contribution in [-0.2, 0) is 4.79 Å². The number of para-hydroxylation sites is 1. The maximum Gasteiger partial charge on any atom is 0.269 e. The molecular weight excluding hydrogens is 495 g/mol. The van der Waals surface area contributed by atoms with Gasteiger partial charge in [-0.25, -0.2) is 4.39 Å². The maximum absolute atomic E-state index is 13.6. The molecule has 0 saturated carbocycles. The molecule has 0 bridgehead atoms. The van der Waals surface area contributed by atoms with Crippen molar-refractivity contribution >= 4 is 28.6 Å². The Bertz CT molecular complexity index is 1730. The van der Waals surface area contributed by atoms with Gasteiger partial charge in [-0.1, -0.05) is 72.8 Å². The van der Waals surface area contributed by atoms with Gasteiger partial charge in [0.05, 0.1) is 11.7 Å². The Kier molecular flexibility index (Phi) is 6.13. The lowest BCUT2D eigenvalue weighted by Crippen LogP contribution is -2.47. The number of halogens is 1. The number of nitrogens with zero attached hydrogens (tertiary/aromatic N) is 1. The number of fused-ring (bicyclic) bond motifs is 2. The second-order valence-electron chi connectivity index (χ2n) is 9.26. The van der Waals surface area contributed by atoms with Crippen LogP contribution in [0.5, 0.6) is 0 Å². The van der Waals surface area contributed by atoms with Crippen LogP contribution >= 0.6 is 0 Å². The zero-order valence-corrected chi connectivity index (χ0v) is 20.6. The Morgan fingerprint density at radius 3 is 2.41 bits per heavy atom. The van der Waals surface area contributed by atoms with Gasteiger partial charge < -0.3 is 9.88 Å². The molecule has 39 heavy (non-hydrogen) atoms. The lowest BCUT2D eigenvalue weighted by molar-refractivity contribution is -0.122. The molecule has 1 atom stereocenters. The lowest BCUT2D eigenvalue weighted by Gasteiger charge is -2.26. The minimum absolute atomic E-state index is 0.0594. The Morgan fingerprint density at radius 1 is 0.846 bits per heavy atom. The van der Waals surface area contributed by atoms with E-state index in [-0.39, 0.29) is 18.0 Å². The molecule has 3 N–H and O–H groups in total. The highest BCUT2D eigenvalue weighted by Crippen LogP contribution is 2.45. The Morgan fingerprint density at radius 2 is 1.59 bits per heavy atom. The fraction of sp³-hybridized carbons (Fsp3) is 0.0645. The third kappa shape index (κ3) is 4.42. The third-order valence-electron chi connectivity index (χ3n) is 6.86. The molecule has 0 aliphatic carbocycles. The number of H-pyrrole nitrogens is 1. The van der Waals surface area contributed by atoms with Crippen molar-refractivity contribution in [3.8, 4) is 11.3 Å². The first-order valence-electron chi connectivity index (χ1n) is 12.4. The predicted octanol–water partition coefficient (Wildman–Crippen LogP) is 4.98. The van der Waals surface area contributed by atoms with Crippen LogP contribution in [0.15, 0.2) is 103 Å². The van der Waals surface area contributed by atoms with Crippen LogP contribution in [0.2, 0.25) is 0 Å². The van der Waals surface area contributed by atoms with E-state index in [0.29, 0.717) is 5.56 Å². The molecule has 6 rings (SSSR count). The summed E-state index contributed by atoms with van der Waals surface area (Å²) in [4.78, 5) is 44.1. The molecular formula is C31H23FN4O3. The summed E-state index contributed by atoms with van der Waals surface area (Å²) in [6.45, 7) is -0.310. The quantitative estimate of drug-likeness (QED) is 0.287. The van der Waals surface area contributed by atoms with Crippen LogP contribution in [-0.4, -0.2) is 34.2 Å². The fourth-order valence-electron chi connectivity index (χ4n) is 5.15. The second kappa shape index (κ2) is 9.90. The molecule has 8 heteroatoms. The molecule has 5 aromatic rings. The normalized spacial score (nSPS) is 14.3. The monoisotopic (exact) mass is 518 g/mol. The van der Waals surface area contributed by atoms with Crippen molar-refractivity contribution in [3.05, 3.63) is 131 Å². The van der Waals surface area contributed by atoms with Gasteiger partial charge in [0.2, 0.25) is 0 Å². The fourth-order valence-corrected chi connectivity index (χ4v) is 5.15. The summed E-state index contributed by atoms with van der Waals surface area (Å²) in [7, 11) is 0. The average molecular weight is 519 g/mol.